The van der Waals surface area contributed by atoms with Gasteiger partial charge < -0.3 is 14.8 Å². The minimum absolute atomic E-state index is 0.185. The summed E-state index contributed by atoms with van der Waals surface area (Å²) in [4.78, 5) is 9.04. The predicted octanol–water partition coefficient (Wildman–Crippen LogP) is 5.41. The highest BCUT2D eigenvalue weighted by molar-refractivity contribution is 7.92. The fraction of sp³-hybridized carbons (Fsp3) is 0.214. The molecule has 3 aliphatic rings. The summed E-state index contributed by atoms with van der Waals surface area (Å²) < 4.78 is 39.5. The third-order valence-corrected chi connectivity index (χ3v) is 8.33. The van der Waals surface area contributed by atoms with Gasteiger partial charge in [0.2, 0.25) is 0 Å². The van der Waals surface area contributed by atoms with Crippen molar-refractivity contribution in [1.82, 2.24) is 14.3 Å². The number of nitrogens with zero attached hydrogens (tertiary/aromatic N) is 3. The second-order valence-electron chi connectivity index (χ2n) is 9.16. The van der Waals surface area contributed by atoms with Gasteiger partial charge in [-0.15, -0.1) is 0 Å². The fourth-order valence-electron chi connectivity index (χ4n) is 4.74. The van der Waals surface area contributed by atoms with Crippen molar-refractivity contribution in [2.45, 2.75) is 32.2 Å². The first-order chi connectivity index (χ1) is 18.1. The molecule has 0 radical (unpaired) electrons. The molecule has 0 spiro atoms. The molecule has 1 aromatic carbocycles. The second-order valence-corrected chi connectivity index (χ2v) is 11.0. The van der Waals surface area contributed by atoms with Crippen molar-refractivity contribution in [3.05, 3.63) is 107 Å². The highest BCUT2D eigenvalue weighted by Gasteiger charge is 2.34. The Labute approximate surface area is 215 Å². The van der Waals surface area contributed by atoms with Crippen LogP contribution in [-0.2, 0) is 32.5 Å². The van der Waals surface area contributed by atoms with Crippen molar-refractivity contribution in [2.24, 2.45) is 0 Å². The molecule has 4 heterocycles. The van der Waals surface area contributed by atoms with E-state index in [2.05, 4.69) is 21.4 Å². The van der Waals surface area contributed by atoms with Gasteiger partial charge in [0.15, 0.2) is 0 Å². The Morgan fingerprint density at radius 1 is 1.08 bits per heavy atom. The van der Waals surface area contributed by atoms with Crippen LogP contribution in [0.1, 0.15) is 30.4 Å². The third-order valence-electron chi connectivity index (χ3n) is 6.65. The van der Waals surface area contributed by atoms with Crippen LogP contribution in [0.3, 0.4) is 0 Å². The van der Waals surface area contributed by atoms with E-state index in [0.717, 1.165) is 46.8 Å². The third kappa shape index (κ3) is 4.87. The highest BCUT2D eigenvalue weighted by atomic mass is 32.2. The number of sulfonamides is 1. The van der Waals surface area contributed by atoms with Crippen molar-refractivity contribution < 1.29 is 17.9 Å². The van der Waals surface area contributed by atoms with Crippen LogP contribution in [0.2, 0.25) is 0 Å². The number of hydrogen-bond acceptors (Lipinski definition) is 7. The average molecular weight is 515 g/mol. The number of ether oxygens (including phenoxy) is 2. The first kappa shape index (κ1) is 23.4. The number of nitrogens with one attached hydrogen (secondary N) is 1. The fourth-order valence-corrected chi connectivity index (χ4v) is 6.02. The second kappa shape index (κ2) is 9.84. The van der Waals surface area contributed by atoms with Crippen LogP contribution in [0.25, 0.3) is 10.9 Å². The van der Waals surface area contributed by atoms with Gasteiger partial charge in [0.05, 0.1) is 17.4 Å². The van der Waals surface area contributed by atoms with Gasteiger partial charge >= 0.3 is 0 Å². The molecule has 9 heteroatoms. The maximum absolute atomic E-state index is 13.4. The van der Waals surface area contributed by atoms with E-state index < -0.39 is 10.0 Å². The summed E-state index contributed by atoms with van der Waals surface area (Å²) in [7, 11) is -3.88. The molecule has 0 unspecified atom stereocenters. The maximum Gasteiger partial charge on any atom is 0.280 e. The highest BCUT2D eigenvalue weighted by Crippen LogP contribution is 2.32. The summed E-state index contributed by atoms with van der Waals surface area (Å²) in [6.45, 7) is 0.530. The zero-order chi connectivity index (χ0) is 25.2. The lowest BCUT2D eigenvalue weighted by atomic mass is 10.0. The van der Waals surface area contributed by atoms with Crippen LogP contribution < -0.4 is 5.32 Å². The molecule has 1 N–H and O–H groups in total. The molecule has 0 bridgehead atoms. The van der Waals surface area contributed by atoms with Crippen LogP contribution in [-0.4, -0.2) is 29.2 Å². The Bertz CT molecular complexity index is 1590. The Morgan fingerprint density at radius 3 is 2.89 bits per heavy atom. The Morgan fingerprint density at radius 2 is 2.00 bits per heavy atom. The number of benzene rings is 1. The number of fused-ring (bicyclic) bond motifs is 2. The number of pyridine rings is 2. The van der Waals surface area contributed by atoms with Crippen LogP contribution >= 0.6 is 0 Å². The van der Waals surface area contributed by atoms with E-state index in [1.165, 1.54) is 16.1 Å². The van der Waals surface area contributed by atoms with Gasteiger partial charge in [0.1, 0.15) is 24.1 Å². The summed E-state index contributed by atoms with van der Waals surface area (Å²) in [5.41, 5.74) is 4.82. The number of rotatable bonds is 6. The molecule has 0 fully saturated rings. The van der Waals surface area contributed by atoms with Crippen LogP contribution in [0.4, 0.5) is 11.5 Å². The van der Waals surface area contributed by atoms with Crippen LogP contribution in [0, 0.1) is 0 Å². The predicted molar refractivity (Wildman–Crippen MR) is 142 cm³/mol. The van der Waals surface area contributed by atoms with E-state index in [1.807, 2.05) is 48.6 Å². The maximum atomic E-state index is 13.4. The monoisotopic (exact) mass is 514 g/mol. The smallest absolute Gasteiger partial charge is 0.280 e. The van der Waals surface area contributed by atoms with Gasteiger partial charge in [-0.1, -0.05) is 42.0 Å². The van der Waals surface area contributed by atoms with Crippen molar-refractivity contribution in [3.63, 3.8) is 0 Å². The molecular formula is C28H26N4O4S. The lowest BCUT2D eigenvalue weighted by Gasteiger charge is -2.30. The molecule has 8 nitrogen and oxygen atoms in total. The summed E-state index contributed by atoms with van der Waals surface area (Å²) in [6.07, 6.45) is 15.2. The van der Waals surface area contributed by atoms with Gasteiger partial charge in [0.25, 0.3) is 15.1 Å². The Kier molecular flexibility index (Phi) is 6.23. The Hall–Kier alpha value is -3.95. The van der Waals surface area contributed by atoms with Gasteiger partial charge in [-0.05, 0) is 43.0 Å². The van der Waals surface area contributed by atoms with Gasteiger partial charge in [-0.2, -0.15) is 4.31 Å². The average Bonchev–Trinajstić information content (AvgIpc) is 2.93. The molecule has 0 saturated carbocycles. The van der Waals surface area contributed by atoms with E-state index in [9.17, 15) is 8.42 Å². The summed E-state index contributed by atoms with van der Waals surface area (Å²) >= 11 is 0. The number of allylic oxidation sites excluding steroid dienone is 4. The van der Waals surface area contributed by atoms with Gasteiger partial charge in [0, 0.05) is 36.7 Å². The molecule has 2 aliphatic heterocycles. The van der Waals surface area contributed by atoms with Crippen molar-refractivity contribution in [2.75, 3.05) is 11.9 Å². The quantitative estimate of drug-likeness (QED) is 0.470. The van der Waals surface area contributed by atoms with E-state index in [4.69, 9.17) is 9.47 Å². The SMILES string of the molecule is O=S(=O)(C1=COC=C(CC2=CC=CCC2)O1)N1CCc2c(ccnc2Nc2cnc3ccccc3c2)C1. The largest absolute Gasteiger partial charge is 0.464 e. The molecule has 0 saturated heterocycles. The number of para-hydroxylation sites is 1. The van der Waals surface area contributed by atoms with E-state index in [0.29, 0.717) is 31.0 Å². The van der Waals surface area contributed by atoms with Gasteiger partial charge in [-0.3, -0.25) is 4.98 Å². The van der Waals surface area contributed by atoms with Crippen LogP contribution in [0.15, 0.2) is 96.0 Å². The standard InChI is InChI=1S/C28H26N4O4S/c33-37(34,27-19-35-18-24(36-27)14-20-6-2-1-3-7-20)32-13-11-25-22(17-32)10-12-29-28(25)31-23-15-21-8-4-5-9-26(21)30-16-23/h1-2,4-6,8-10,12,15-16,18-19H,3,7,11,13-14,17H2,(H,29,31). The first-order valence-corrected chi connectivity index (χ1v) is 13.7. The molecular weight excluding hydrogens is 488 g/mol. The van der Waals surface area contributed by atoms with Gasteiger partial charge in [-0.25, -0.2) is 13.4 Å². The first-order valence-electron chi connectivity index (χ1n) is 12.2. The molecule has 188 valence electrons. The zero-order valence-electron chi connectivity index (χ0n) is 20.1. The molecule has 1 aliphatic carbocycles. The molecule has 0 atom stereocenters. The van der Waals surface area contributed by atoms with E-state index >= 15 is 0 Å². The summed E-state index contributed by atoms with van der Waals surface area (Å²) in [5.74, 6) is 1.20. The van der Waals surface area contributed by atoms with Crippen molar-refractivity contribution in [1.29, 1.82) is 0 Å². The molecule has 37 heavy (non-hydrogen) atoms. The summed E-state index contributed by atoms with van der Waals surface area (Å²) in [6, 6.07) is 11.8. The topological polar surface area (TPSA) is 93.7 Å². The molecule has 6 rings (SSSR count). The molecule has 2 aromatic heterocycles. The lowest BCUT2D eigenvalue weighted by molar-refractivity contribution is 0.231. The summed E-state index contributed by atoms with van der Waals surface area (Å²) in [5, 5.41) is 4.22. The number of anilines is 2. The van der Waals surface area contributed by atoms with E-state index in [1.54, 1.807) is 12.4 Å². The van der Waals surface area contributed by atoms with E-state index in [-0.39, 0.29) is 11.6 Å². The van der Waals surface area contributed by atoms with Crippen molar-refractivity contribution in [3.8, 4) is 0 Å². The lowest BCUT2D eigenvalue weighted by Crippen LogP contribution is -2.37. The minimum atomic E-state index is -3.88. The molecule has 3 aromatic rings. The normalized spacial score (nSPS) is 17.7. The minimum Gasteiger partial charge on any atom is -0.464 e. The zero-order valence-corrected chi connectivity index (χ0v) is 20.9. The number of aromatic nitrogens is 2. The van der Waals surface area contributed by atoms with Crippen molar-refractivity contribution >= 4 is 32.4 Å². The Balaban J connectivity index is 1.17. The molecule has 0 amide bonds. The van der Waals surface area contributed by atoms with Crippen LogP contribution in [0.5, 0.6) is 0 Å². The number of hydrogen-bond donors (Lipinski definition) is 1.